The Hall–Kier alpha value is -2.94. The second kappa shape index (κ2) is 7.82. The van der Waals surface area contributed by atoms with Crippen molar-refractivity contribution in [2.24, 2.45) is 4.99 Å². The number of aliphatic imine (C=N–C) groups is 1. The highest BCUT2D eigenvalue weighted by atomic mass is 16.5. The summed E-state index contributed by atoms with van der Waals surface area (Å²) >= 11 is 0. The van der Waals surface area contributed by atoms with Crippen molar-refractivity contribution < 1.29 is 9.84 Å². The number of nitrogens with one attached hydrogen (secondary N) is 2. The standard InChI is InChI=1S/C21H24N6O2/c28-13-14-29-20-18-19(16-3-1-2-4-17(16)24-18)27(15-5-7-22-8-6-15)21(25-20)26-11-9-23-10-12-26/h1-8,21,23-24,28H,9-14H2. The van der Waals surface area contributed by atoms with Gasteiger partial charge in [-0.3, -0.25) is 9.88 Å². The smallest absolute Gasteiger partial charge is 0.238 e. The molecule has 2 aliphatic heterocycles. The van der Waals surface area contributed by atoms with Crippen LogP contribution in [0.4, 0.5) is 11.4 Å². The summed E-state index contributed by atoms with van der Waals surface area (Å²) < 4.78 is 5.88. The van der Waals surface area contributed by atoms with E-state index in [4.69, 9.17) is 9.73 Å². The van der Waals surface area contributed by atoms with Gasteiger partial charge in [0.25, 0.3) is 0 Å². The van der Waals surface area contributed by atoms with E-state index in [9.17, 15) is 5.11 Å². The zero-order valence-corrected chi connectivity index (χ0v) is 16.1. The third-order valence-corrected chi connectivity index (χ3v) is 5.35. The molecule has 0 amide bonds. The highest BCUT2D eigenvalue weighted by Gasteiger charge is 2.37. The first-order valence-corrected chi connectivity index (χ1v) is 9.93. The molecule has 3 N–H and O–H groups in total. The predicted octanol–water partition coefficient (Wildman–Crippen LogP) is 1.66. The van der Waals surface area contributed by atoms with Crippen LogP contribution in [-0.2, 0) is 4.74 Å². The van der Waals surface area contributed by atoms with Gasteiger partial charge < -0.3 is 25.0 Å². The van der Waals surface area contributed by atoms with Crippen molar-refractivity contribution in [1.29, 1.82) is 0 Å². The number of pyridine rings is 1. The van der Waals surface area contributed by atoms with Crippen molar-refractivity contribution in [2.45, 2.75) is 6.29 Å². The number of H-pyrrole nitrogens is 1. The second-order valence-corrected chi connectivity index (χ2v) is 7.11. The average molecular weight is 392 g/mol. The fraction of sp³-hybridized carbons (Fsp3) is 0.333. The van der Waals surface area contributed by atoms with Gasteiger partial charge in [0, 0.05) is 55.2 Å². The first-order chi connectivity index (χ1) is 14.4. The number of hydrogen-bond donors (Lipinski definition) is 3. The largest absolute Gasteiger partial charge is 0.474 e. The molecule has 1 aromatic carbocycles. The number of hydrogen-bond acceptors (Lipinski definition) is 7. The van der Waals surface area contributed by atoms with Gasteiger partial charge in [-0.15, -0.1) is 0 Å². The van der Waals surface area contributed by atoms with E-state index in [2.05, 4.69) is 37.2 Å². The number of benzene rings is 1. The molecule has 0 bridgehead atoms. The molecule has 8 nitrogen and oxygen atoms in total. The molecule has 2 aromatic heterocycles. The number of aliphatic hydroxyl groups excluding tert-OH is 1. The minimum absolute atomic E-state index is 0.0546. The number of rotatable bonds is 4. The van der Waals surface area contributed by atoms with Crippen molar-refractivity contribution in [1.82, 2.24) is 20.2 Å². The second-order valence-electron chi connectivity index (χ2n) is 7.11. The minimum Gasteiger partial charge on any atom is -0.474 e. The lowest BCUT2D eigenvalue weighted by atomic mass is 10.1. The number of aromatic amines is 1. The van der Waals surface area contributed by atoms with Crippen LogP contribution < -0.4 is 10.2 Å². The molecular weight excluding hydrogens is 368 g/mol. The van der Waals surface area contributed by atoms with E-state index in [1.165, 1.54) is 0 Å². The van der Waals surface area contributed by atoms with E-state index in [1.54, 1.807) is 12.4 Å². The maximum absolute atomic E-state index is 9.30. The molecule has 4 heterocycles. The van der Waals surface area contributed by atoms with Gasteiger partial charge in [-0.2, -0.15) is 0 Å². The number of ether oxygens (including phenoxy) is 1. The third kappa shape index (κ3) is 3.25. The molecule has 0 aliphatic carbocycles. The summed E-state index contributed by atoms with van der Waals surface area (Å²) in [5.41, 5.74) is 3.93. The molecule has 0 saturated carbocycles. The monoisotopic (exact) mass is 392 g/mol. The number of piperazine rings is 1. The Morgan fingerprint density at radius 1 is 1.10 bits per heavy atom. The van der Waals surface area contributed by atoms with Crippen LogP contribution in [0.5, 0.6) is 0 Å². The number of para-hydroxylation sites is 1. The number of anilines is 2. The molecule has 2 aliphatic rings. The van der Waals surface area contributed by atoms with Gasteiger partial charge in [-0.1, -0.05) is 18.2 Å². The van der Waals surface area contributed by atoms with Crippen LogP contribution in [0, 0.1) is 0 Å². The predicted molar refractivity (Wildman–Crippen MR) is 112 cm³/mol. The Labute approximate surface area is 168 Å². The SMILES string of the molecule is OCCOC1=NC(N2CCNCC2)N(c2ccncc2)c2c1[nH]c1ccccc21. The molecule has 3 aromatic rings. The molecule has 1 unspecified atom stereocenters. The highest BCUT2D eigenvalue weighted by Crippen LogP contribution is 2.41. The Balaban J connectivity index is 1.70. The van der Waals surface area contributed by atoms with Crippen LogP contribution >= 0.6 is 0 Å². The number of aliphatic hydroxyl groups is 1. The zero-order valence-electron chi connectivity index (χ0n) is 16.1. The van der Waals surface area contributed by atoms with Gasteiger partial charge in [0.05, 0.1) is 12.3 Å². The minimum atomic E-state index is -0.236. The van der Waals surface area contributed by atoms with E-state index >= 15 is 0 Å². The summed E-state index contributed by atoms with van der Waals surface area (Å²) in [6.07, 6.45) is 3.38. The molecular formula is C21H24N6O2. The molecule has 5 rings (SSSR count). The summed E-state index contributed by atoms with van der Waals surface area (Å²) in [6, 6.07) is 12.2. The Morgan fingerprint density at radius 3 is 2.69 bits per heavy atom. The third-order valence-electron chi connectivity index (χ3n) is 5.35. The topological polar surface area (TPSA) is 89.0 Å². The van der Waals surface area contributed by atoms with Crippen molar-refractivity contribution >= 4 is 28.2 Å². The van der Waals surface area contributed by atoms with Crippen molar-refractivity contribution in [3.63, 3.8) is 0 Å². The quantitative estimate of drug-likeness (QED) is 0.626. The number of aromatic nitrogens is 2. The average Bonchev–Trinajstić information content (AvgIpc) is 3.18. The van der Waals surface area contributed by atoms with Gasteiger partial charge in [-0.05, 0) is 18.2 Å². The van der Waals surface area contributed by atoms with Crippen LogP contribution in [0.3, 0.4) is 0 Å². The summed E-state index contributed by atoms with van der Waals surface area (Å²) in [4.78, 5) is 17.3. The van der Waals surface area contributed by atoms with Crippen LogP contribution in [0.2, 0.25) is 0 Å². The molecule has 0 spiro atoms. The first kappa shape index (κ1) is 18.1. The summed E-state index contributed by atoms with van der Waals surface area (Å²) in [7, 11) is 0. The molecule has 8 heteroatoms. The number of fused-ring (bicyclic) bond motifs is 3. The van der Waals surface area contributed by atoms with Gasteiger partial charge in [0.1, 0.15) is 12.3 Å². The molecule has 1 atom stereocenters. The fourth-order valence-corrected chi connectivity index (χ4v) is 4.05. The molecule has 150 valence electrons. The van der Waals surface area contributed by atoms with Crippen molar-refractivity contribution in [3.05, 3.63) is 54.5 Å². The summed E-state index contributed by atoms with van der Waals surface area (Å²) in [6.45, 7) is 3.77. The summed E-state index contributed by atoms with van der Waals surface area (Å²) in [5.74, 6) is 0.541. The maximum atomic E-state index is 9.30. The van der Waals surface area contributed by atoms with Gasteiger partial charge in [-0.25, -0.2) is 4.99 Å². The molecule has 1 saturated heterocycles. The lowest BCUT2D eigenvalue weighted by Gasteiger charge is -2.42. The fourth-order valence-electron chi connectivity index (χ4n) is 4.05. The number of nitrogens with zero attached hydrogens (tertiary/aromatic N) is 4. The van der Waals surface area contributed by atoms with Gasteiger partial charge in [0.2, 0.25) is 5.90 Å². The Morgan fingerprint density at radius 2 is 1.90 bits per heavy atom. The van der Waals surface area contributed by atoms with E-state index in [0.717, 1.165) is 54.2 Å². The lowest BCUT2D eigenvalue weighted by Crippen LogP contribution is -2.54. The van der Waals surface area contributed by atoms with E-state index in [1.807, 2.05) is 24.3 Å². The van der Waals surface area contributed by atoms with Crippen LogP contribution in [-0.4, -0.2) is 71.6 Å². The van der Waals surface area contributed by atoms with Crippen LogP contribution in [0.1, 0.15) is 5.69 Å². The van der Waals surface area contributed by atoms with Crippen molar-refractivity contribution in [2.75, 3.05) is 44.3 Å². The maximum Gasteiger partial charge on any atom is 0.238 e. The van der Waals surface area contributed by atoms with Crippen LogP contribution in [0.15, 0.2) is 53.8 Å². The first-order valence-electron chi connectivity index (χ1n) is 9.93. The Kier molecular flexibility index (Phi) is 4.89. The summed E-state index contributed by atoms with van der Waals surface area (Å²) in [5, 5.41) is 13.8. The van der Waals surface area contributed by atoms with Gasteiger partial charge >= 0.3 is 0 Å². The Bertz CT molecular complexity index is 1010. The normalized spacial score (nSPS) is 19.8. The zero-order chi connectivity index (χ0) is 19.6. The lowest BCUT2D eigenvalue weighted by molar-refractivity contribution is 0.166. The van der Waals surface area contributed by atoms with E-state index < -0.39 is 0 Å². The van der Waals surface area contributed by atoms with E-state index in [0.29, 0.717) is 5.90 Å². The van der Waals surface area contributed by atoms with Crippen molar-refractivity contribution in [3.8, 4) is 0 Å². The van der Waals surface area contributed by atoms with E-state index in [-0.39, 0.29) is 19.5 Å². The molecule has 0 radical (unpaired) electrons. The van der Waals surface area contributed by atoms with Gasteiger partial charge in [0.15, 0.2) is 6.29 Å². The molecule has 29 heavy (non-hydrogen) atoms. The van der Waals surface area contributed by atoms with Crippen LogP contribution in [0.25, 0.3) is 10.9 Å². The highest BCUT2D eigenvalue weighted by molar-refractivity contribution is 6.11. The molecule has 1 fully saturated rings.